The van der Waals surface area contributed by atoms with Crippen molar-refractivity contribution in [3.63, 3.8) is 0 Å². The highest BCUT2D eigenvalue weighted by atomic mass is 35.5. The zero-order valence-electron chi connectivity index (χ0n) is 8.77. The summed E-state index contributed by atoms with van der Waals surface area (Å²) in [5.41, 5.74) is 6.86. The third-order valence-corrected chi connectivity index (χ3v) is 3.68. The number of hydrogen-bond acceptors (Lipinski definition) is 3. The number of hydrogen-bond donors (Lipinski definition) is 1. The van der Waals surface area contributed by atoms with Gasteiger partial charge in [-0.15, -0.1) is 11.3 Å². The molecule has 0 spiro atoms. The van der Waals surface area contributed by atoms with E-state index in [0.717, 1.165) is 18.5 Å². The summed E-state index contributed by atoms with van der Waals surface area (Å²) in [6.07, 6.45) is 3.58. The van der Waals surface area contributed by atoms with Gasteiger partial charge in [0.1, 0.15) is 0 Å². The molecule has 0 aliphatic carbocycles. The molecule has 0 saturated carbocycles. The molecule has 0 aliphatic heterocycles. The molecule has 4 heteroatoms. The molecule has 0 aliphatic rings. The number of rotatable bonds is 4. The first-order chi connectivity index (χ1) is 7.77. The van der Waals surface area contributed by atoms with Crippen LogP contribution in [0.15, 0.2) is 35.8 Å². The van der Waals surface area contributed by atoms with Crippen LogP contribution in [0.4, 0.5) is 0 Å². The van der Waals surface area contributed by atoms with E-state index < -0.39 is 0 Å². The van der Waals surface area contributed by atoms with Gasteiger partial charge < -0.3 is 5.73 Å². The van der Waals surface area contributed by atoms with Crippen molar-refractivity contribution in [3.05, 3.63) is 51.4 Å². The predicted octanol–water partition coefficient (Wildman–Crippen LogP) is 3.43. The molecule has 2 heterocycles. The summed E-state index contributed by atoms with van der Waals surface area (Å²) in [5, 5.41) is 2.73. The summed E-state index contributed by atoms with van der Waals surface area (Å²) in [4.78, 5) is 5.57. The lowest BCUT2D eigenvalue weighted by atomic mass is 10.1. The molecule has 0 fully saturated rings. The van der Waals surface area contributed by atoms with E-state index in [1.54, 1.807) is 17.5 Å². The van der Waals surface area contributed by atoms with Crippen LogP contribution in [0.3, 0.4) is 0 Å². The van der Waals surface area contributed by atoms with Crippen molar-refractivity contribution in [2.24, 2.45) is 5.73 Å². The summed E-state index contributed by atoms with van der Waals surface area (Å²) in [6, 6.07) is 7.74. The Bertz CT molecular complexity index is 442. The summed E-state index contributed by atoms with van der Waals surface area (Å²) >= 11 is 7.80. The normalized spacial score (nSPS) is 12.6. The van der Waals surface area contributed by atoms with Crippen molar-refractivity contribution < 1.29 is 0 Å². The Labute approximate surface area is 104 Å². The van der Waals surface area contributed by atoms with Crippen LogP contribution in [-0.2, 0) is 6.42 Å². The van der Waals surface area contributed by atoms with Crippen LogP contribution in [0, 0.1) is 0 Å². The Kier molecular flexibility index (Phi) is 3.93. The number of halogens is 1. The highest BCUT2D eigenvalue weighted by Gasteiger charge is 2.11. The molecule has 84 valence electrons. The Morgan fingerprint density at radius 2 is 2.25 bits per heavy atom. The second-order valence-electron chi connectivity index (χ2n) is 3.59. The summed E-state index contributed by atoms with van der Waals surface area (Å²) in [5.74, 6) is 0. The van der Waals surface area contributed by atoms with Crippen LogP contribution in [0.25, 0.3) is 0 Å². The predicted molar refractivity (Wildman–Crippen MR) is 68.8 cm³/mol. The first kappa shape index (κ1) is 11.6. The van der Waals surface area contributed by atoms with Crippen molar-refractivity contribution in [3.8, 4) is 0 Å². The average molecular weight is 253 g/mol. The highest BCUT2D eigenvalue weighted by molar-refractivity contribution is 7.09. The van der Waals surface area contributed by atoms with Gasteiger partial charge in [0, 0.05) is 17.1 Å². The molecule has 2 aromatic rings. The lowest BCUT2D eigenvalue weighted by molar-refractivity contribution is 0.637. The fraction of sp³-hybridized carbons (Fsp3) is 0.250. The topological polar surface area (TPSA) is 38.9 Å². The zero-order valence-corrected chi connectivity index (χ0v) is 10.3. The van der Waals surface area contributed by atoms with E-state index in [1.165, 1.54) is 4.88 Å². The number of nitrogens with zero attached hydrogens (tertiary/aromatic N) is 1. The number of aryl methyl sites for hydroxylation is 1. The molecule has 1 unspecified atom stereocenters. The van der Waals surface area contributed by atoms with E-state index in [-0.39, 0.29) is 6.04 Å². The van der Waals surface area contributed by atoms with Crippen molar-refractivity contribution in [1.82, 2.24) is 4.98 Å². The van der Waals surface area contributed by atoms with Crippen LogP contribution in [0.5, 0.6) is 0 Å². The zero-order chi connectivity index (χ0) is 11.4. The van der Waals surface area contributed by atoms with Crippen molar-refractivity contribution in [1.29, 1.82) is 0 Å². The minimum atomic E-state index is -0.0872. The van der Waals surface area contributed by atoms with Gasteiger partial charge in [0.2, 0.25) is 0 Å². The third kappa shape index (κ3) is 2.82. The van der Waals surface area contributed by atoms with Crippen LogP contribution in [0.1, 0.15) is 23.0 Å². The van der Waals surface area contributed by atoms with E-state index in [0.29, 0.717) is 5.02 Å². The number of thiophene rings is 1. The van der Waals surface area contributed by atoms with Gasteiger partial charge in [-0.05, 0) is 36.4 Å². The molecule has 0 saturated heterocycles. The number of nitrogens with two attached hydrogens (primary N) is 1. The van der Waals surface area contributed by atoms with E-state index in [1.807, 2.05) is 12.1 Å². The fourth-order valence-electron chi connectivity index (χ4n) is 1.56. The van der Waals surface area contributed by atoms with Crippen molar-refractivity contribution in [2.45, 2.75) is 18.9 Å². The maximum Gasteiger partial charge on any atom is 0.0756 e. The van der Waals surface area contributed by atoms with Gasteiger partial charge in [0.25, 0.3) is 0 Å². The molecular weight excluding hydrogens is 240 g/mol. The number of pyridine rings is 1. The second kappa shape index (κ2) is 5.43. The lowest BCUT2D eigenvalue weighted by Crippen LogP contribution is -2.13. The largest absolute Gasteiger partial charge is 0.323 e. The van der Waals surface area contributed by atoms with Gasteiger partial charge in [-0.1, -0.05) is 17.7 Å². The first-order valence-electron chi connectivity index (χ1n) is 5.16. The van der Waals surface area contributed by atoms with Gasteiger partial charge in [-0.2, -0.15) is 0 Å². The monoisotopic (exact) mass is 252 g/mol. The second-order valence-corrected chi connectivity index (χ2v) is 5.03. The lowest BCUT2D eigenvalue weighted by Gasteiger charge is -2.11. The van der Waals surface area contributed by atoms with Gasteiger partial charge in [0.05, 0.1) is 10.7 Å². The minimum absolute atomic E-state index is 0.0872. The van der Waals surface area contributed by atoms with Gasteiger partial charge in [0.15, 0.2) is 0 Å². The highest BCUT2D eigenvalue weighted by Crippen LogP contribution is 2.23. The van der Waals surface area contributed by atoms with Gasteiger partial charge >= 0.3 is 0 Å². The molecule has 16 heavy (non-hydrogen) atoms. The molecule has 2 N–H and O–H groups in total. The summed E-state index contributed by atoms with van der Waals surface area (Å²) < 4.78 is 0. The molecule has 0 radical (unpaired) electrons. The molecule has 2 aromatic heterocycles. The fourth-order valence-corrected chi connectivity index (χ4v) is 2.55. The molecule has 2 nitrogen and oxygen atoms in total. The van der Waals surface area contributed by atoms with E-state index in [9.17, 15) is 0 Å². The Morgan fingerprint density at radius 3 is 2.94 bits per heavy atom. The van der Waals surface area contributed by atoms with E-state index in [4.69, 9.17) is 17.3 Å². The van der Waals surface area contributed by atoms with Crippen molar-refractivity contribution in [2.75, 3.05) is 0 Å². The van der Waals surface area contributed by atoms with Gasteiger partial charge in [-0.25, -0.2) is 0 Å². The Hall–Kier alpha value is -0.900. The molecule has 2 rings (SSSR count). The first-order valence-corrected chi connectivity index (χ1v) is 6.41. The molecular formula is C12H13ClN2S. The maximum atomic E-state index is 6.07. The van der Waals surface area contributed by atoms with E-state index >= 15 is 0 Å². The molecule has 0 amide bonds. The van der Waals surface area contributed by atoms with Crippen LogP contribution < -0.4 is 5.73 Å². The number of aromatic nitrogens is 1. The van der Waals surface area contributed by atoms with Crippen LogP contribution in [-0.4, -0.2) is 4.98 Å². The Balaban J connectivity index is 1.98. The van der Waals surface area contributed by atoms with Gasteiger partial charge in [-0.3, -0.25) is 4.98 Å². The molecule has 0 aromatic carbocycles. The molecule has 1 atom stereocenters. The summed E-state index contributed by atoms with van der Waals surface area (Å²) in [7, 11) is 0. The SMILES string of the molecule is NC(CCc1cccs1)c1ncccc1Cl. The van der Waals surface area contributed by atoms with Crippen LogP contribution >= 0.6 is 22.9 Å². The summed E-state index contributed by atoms with van der Waals surface area (Å²) in [6.45, 7) is 0. The quantitative estimate of drug-likeness (QED) is 0.906. The van der Waals surface area contributed by atoms with Crippen LogP contribution in [0.2, 0.25) is 5.02 Å². The van der Waals surface area contributed by atoms with Crippen molar-refractivity contribution >= 4 is 22.9 Å². The van der Waals surface area contributed by atoms with E-state index in [2.05, 4.69) is 22.5 Å². The minimum Gasteiger partial charge on any atom is -0.323 e. The third-order valence-electron chi connectivity index (χ3n) is 2.42. The maximum absolute atomic E-state index is 6.07. The standard InChI is InChI=1S/C12H13ClN2S/c13-10-4-1-7-15-12(10)11(14)6-5-9-3-2-8-16-9/h1-4,7-8,11H,5-6,14H2. The Morgan fingerprint density at radius 1 is 1.38 bits per heavy atom. The average Bonchev–Trinajstić information content (AvgIpc) is 2.79. The smallest absolute Gasteiger partial charge is 0.0756 e. The molecule has 0 bridgehead atoms.